The number of aliphatic imine (C=N–C) groups is 1. The number of fused-ring (bicyclic) bond motifs is 1. The number of hydrogen-bond acceptors (Lipinski definition) is 6. The summed E-state index contributed by atoms with van der Waals surface area (Å²) in [6, 6.07) is 14.8. The Morgan fingerprint density at radius 2 is 1.70 bits per heavy atom. The number of ether oxygens (including phenoxy) is 1. The van der Waals surface area contributed by atoms with Crippen LogP contribution in [0.5, 0.6) is 0 Å². The molecule has 0 fully saturated rings. The van der Waals surface area contributed by atoms with Crippen LogP contribution in [-0.2, 0) is 30.9 Å². The Balaban J connectivity index is 1.64. The second kappa shape index (κ2) is 8.66. The van der Waals surface area contributed by atoms with Crippen molar-refractivity contribution in [2.45, 2.75) is 37.4 Å². The molecule has 2 aromatic carbocycles. The lowest BCUT2D eigenvalue weighted by molar-refractivity contribution is -0.159. The summed E-state index contributed by atoms with van der Waals surface area (Å²) >= 11 is 0. The van der Waals surface area contributed by atoms with E-state index in [1.807, 2.05) is 30.3 Å². The molecule has 8 nitrogen and oxygen atoms in total. The number of amidine groups is 1. The SMILES string of the molecule is CC(OC(=O)[C@H](C)N=C1NS(=O)(=O)c2ccccc21)C(=O)N(C)Cc1ccccc1. The average molecular weight is 429 g/mol. The smallest absolute Gasteiger partial charge is 0.331 e. The summed E-state index contributed by atoms with van der Waals surface area (Å²) in [5.74, 6) is -0.991. The second-order valence-corrected chi connectivity index (χ2v) is 8.67. The van der Waals surface area contributed by atoms with Gasteiger partial charge in [0.1, 0.15) is 11.9 Å². The number of carbonyl (C=O) groups is 2. The van der Waals surface area contributed by atoms with Crippen LogP contribution >= 0.6 is 0 Å². The van der Waals surface area contributed by atoms with Gasteiger partial charge in [0.2, 0.25) is 0 Å². The van der Waals surface area contributed by atoms with Gasteiger partial charge < -0.3 is 9.64 Å². The fourth-order valence-corrected chi connectivity index (χ4v) is 4.28. The molecule has 0 radical (unpaired) electrons. The number of benzene rings is 2. The Hall–Kier alpha value is -3.20. The van der Waals surface area contributed by atoms with Crippen molar-refractivity contribution in [3.8, 4) is 0 Å². The van der Waals surface area contributed by atoms with Crippen LogP contribution in [0.2, 0.25) is 0 Å². The van der Waals surface area contributed by atoms with Gasteiger partial charge in [-0.2, -0.15) is 0 Å². The number of likely N-dealkylation sites (N-methyl/N-ethyl adjacent to an activating group) is 1. The molecule has 1 amide bonds. The first-order chi connectivity index (χ1) is 14.2. The number of sulfonamides is 1. The van der Waals surface area contributed by atoms with E-state index in [2.05, 4.69) is 9.71 Å². The molecular weight excluding hydrogens is 406 g/mol. The third-order valence-corrected chi connectivity index (χ3v) is 6.00. The molecule has 0 aromatic heterocycles. The molecule has 1 heterocycles. The summed E-state index contributed by atoms with van der Waals surface area (Å²) in [7, 11) is -2.06. The molecule has 0 aliphatic carbocycles. The van der Waals surface area contributed by atoms with Gasteiger partial charge in [0.05, 0.1) is 4.90 Å². The number of nitrogens with one attached hydrogen (secondary N) is 1. The molecule has 9 heteroatoms. The molecule has 3 rings (SSSR count). The number of hydrogen-bond donors (Lipinski definition) is 1. The molecule has 1 unspecified atom stereocenters. The molecule has 0 bridgehead atoms. The highest BCUT2D eigenvalue weighted by Crippen LogP contribution is 2.22. The number of rotatable bonds is 6. The Morgan fingerprint density at radius 1 is 1.07 bits per heavy atom. The Labute approximate surface area is 175 Å². The third-order valence-electron chi connectivity index (χ3n) is 4.61. The van der Waals surface area contributed by atoms with Crippen molar-refractivity contribution < 1.29 is 22.7 Å². The zero-order chi connectivity index (χ0) is 21.9. The molecule has 0 spiro atoms. The van der Waals surface area contributed by atoms with Crippen molar-refractivity contribution in [2.75, 3.05) is 7.05 Å². The molecule has 0 saturated heterocycles. The van der Waals surface area contributed by atoms with Crippen LogP contribution in [0, 0.1) is 0 Å². The second-order valence-electron chi connectivity index (χ2n) is 7.01. The zero-order valence-electron chi connectivity index (χ0n) is 16.9. The van der Waals surface area contributed by atoms with E-state index in [0.717, 1.165) is 5.56 Å². The van der Waals surface area contributed by atoms with Crippen molar-refractivity contribution in [1.82, 2.24) is 9.62 Å². The van der Waals surface area contributed by atoms with E-state index in [0.29, 0.717) is 12.1 Å². The minimum Gasteiger partial charge on any atom is -0.451 e. The minimum absolute atomic E-state index is 0.0789. The largest absolute Gasteiger partial charge is 0.451 e. The lowest BCUT2D eigenvalue weighted by Crippen LogP contribution is -2.38. The van der Waals surface area contributed by atoms with E-state index in [1.165, 1.54) is 24.8 Å². The van der Waals surface area contributed by atoms with Crippen molar-refractivity contribution >= 4 is 27.7 Å². The molecule has 30 heavy (non-hydrogen) atoms. The average Bonchev–Trinajstić information content (AvgIpc) is 2.98. The van der Waals surface area contributed by atoms with Gasteiger partial charge in [0, 0.05) is 19.2 Å². The van der Waals surface area contributed by atoms with Crippen LogP contribution in [0.15, 0.2) is 64.5 Å². The van der Waals surface area contributed by atoms with Crippen LogP contribution in [0.1, 0.15) is 25.0 Å². The number of amides is 1. The summed E-state index contributed by atoms with van der Waals surface area (Å²) < 4.78 is 31.9. The molecule has 0 saturated carbocycles. The van der Waals surface area contributed by atoms with Gasteiger partial charge in [-0.05, 0) is 31.5 Å². The standard InChI is InChI=1S/C21H23N3O5S/c1-14(22-19-17-11-7-8-12-18(17)30(27,28)23-19)21(26)29-15(2)20(25)24(3)13-16-9-5-4-6-10-16/h4-12,14-15H,13H2,1-3H3,(H,22,23)/t14-,15?/m0/s1. The normalized spacial score (nSPS) is 17.5. The Bertz CT molecular complexity index is 1080. The van der Waals surface area contributed by atoms with Crippen LogP contribution in [-0.4, -0.2) is 50.2 Å². The van der Waals surface area contributed by atoms with Crippen molar-refractivity contribution in [3.05, 3.63) is 65.7 Å². The quantitative estimate of drug-likeness (QED) is 0.704. The van der Waals surface area contributed by atoms with Crippen LogP contribution in [0.3, 0.4) is 0 Å². The van der Waals surface area contributed by atoms with Crippen molar-refractivity contribution in [1.29, 1.82) is 0 Å². The molecule has 1 aliphatic heterocycles. The number of nitrogens with zero attached hydrogens (tertiary/aromatic N) is 2. The molecule has 2 aromatic rings. The zero-order valence-corrected chi connectivity index (χ0v) is 17.7. The van der Waals surface area contributed by atoms with E-state index in [9.17, 15) is 18.0 Å². The van der Waals surface area contributed by atoms with Gasteiger partial charge >= 0.3 is 5.97 Å². The van der Waals surface area contributed by atoms with E-state index in [1.54, 1.807) is 25.2 Å². The molecule has 1 aliphatic rings. The van der Waals surface area contributed by atoms with Gasteiger partial charge in [-0.15, -0.1) is 0 Å². The topological polar surface area (TPSA) is 105 Å². The van der Waals surface area contributed by atoms with Gasteiger partial charge in [-0.3, -0.25) is 14.5 Å². The first kappa shape index (κ1) is 21.5. The van der Waals surface area contributed by atoms with Crippen molar-refractivity contribution in [2.24, 2.45) is 4.99 Å². The van der Waals surface area contributed by atoms with E-state index in [4.69, 9.17) is 4.74 Å². The maximum atomic E-state index is 12.5. The fraction of sp³-hybridized carbons (Fsp3) is 0.286. The fourth-order valence-electron chi connectivity index (χ4n) is 3.04. The lowest BCUT2D eigenvalue weighted by Gasteiger charge is -2.22. The third kappa shape index (κ3) is 4.68. The van der Waals surface area contributed by atoms with Gasteiger partial charge in [0.25, 0.3) is 15.9 Å². The van der Waals surface area contributed by atoms with Gasteiger partial charge in [-0.25, -0.2) is 13.2 Å². The number of esters is 1. The highest BCUT2D eigenvalue weighted by molar-refractivity contribution is 7.90. The van der Waals surface area contributed by atoms with E-state index >= 15 is 0 Å². The van der Waals surface area contributed by atoms with E-state index < -0.39 is 28.1 Å². The van der Waals surface area contributed by atoms with Crippen LogP contribution in [0.25, 0.3) is 0 Å². The summed E-state index contributed by atoms with van der Waals surface area (Å²) in [6.07, 6.45) is -0.999. The summed E-state index contributed by atoms with van der Waals surface area (Å²) in [6.45, 7) is 3.36. The molecule has 2 atom stereocenters. The molecular formula is C21H23N3O5S. The first-order valence-corrected chi connectivity index (χ1v) is 10.9. The summed E-state index contributed by atoms with van der Waals surface area (Å²) in [5.41, 5.74) is 1.35. The highest BCUT2D eigenvalue weighted by Gasteiger charge is 2.32. The molecule has 1 N–H and O–H groups in total. The minimum atomic E-state index is -3.70. The molecule has 158 valence electrons. The van der Waals surface area contributed by atoms with E-state index in [-0.39, 0.29) is 16.6 Å². The summed E-state index contributed by atoms with van der Waals surface area (Å²) in [5, 5.41) is 0. The van der Waals surface area contributed by atoms with Gasteiger partial charge in [-0.1, -0.05) is 42.5 Å². The first-order valence-electron chi connectivity index (χ1n) is 9.38. The maximum absolute atomic E-state index is 12.5. The highest BCUT2D eigenvalue weighted by atomic mass is 32.2. The lowest BCUT2D eigenvalue weighted by atomic mass is 10.2. The predicted octanol–water partition coefficient (Wildman–Crippen LogP) is 1.70. The van der Waals surface area contributed by atoms with Gasteiger partial charge in [0.15, 0.2) is 6.10 Å². The Morgan fingerprint density at radius 3 is 2.40 bits per heavy atom. The predicted molar refractivity (Wildman–Crippen MR) is 111 cm³/mol. The summed E-state index contributed by atoms with van der Waals surface area (Å²) in [4.78, 5) is 30.7. The van der Waals surface area contributed by atoms with Crippen molar-refractivity contribution in [3.63, 3.8) is 0 Å². The Kier molecular flexibility index (Phi) is 6.21. The maximum Gasteiger partial charge on any atom is 0.331 e. The van der Waals surface area contributed by atoms with Crippen LogP contribution < -0.4 is 4.72 Å². The monoisotopic (exact) mass is 429 g/mol. The van der Waals surface area contributed by atoms with Crippen LogP contribution in [0.4, 0.5) is 0 Å². The number of carbonyl (C=O) groups excluding carboxylic acids is 2.